The minimum absolute atomic E-state index is 0.0236. The number of aromatic nitrogens is 3. The van der Waals surface area contributed by atoms with Gasteiger partial charge in [0.15, 0.2) is 11.8 Å². The number of nitrogens with zero attached hydrogens (tertiary/aromatic N) is 3. The Morgan fingerprint density at radius 2 is 2.03 bits per heavy atom. The molecule has 0 saturated heterocycles. The normalized spacial score (nSPS) is 12.8. The quantitative estimate of drug-likeness (QED) is 0.468. The van der Waals surface area contributed by atoms with Crippen LogP contribution in [0.15, 0.2) is 47.3 Å². The van der Waals surface area contributed by atoms with E-state index in [0.717, 1.165) is 6.92 Å². The largest absolute Gasteiger partial charge is 0.458 e. The van der Waals surface area contributed by atoms with Gasteiger partial charge in [-0.25, -0.2) is 14.3 Å². The van der Waals surface area contributed by atoms with Crippen molar-refractivity contribution in [3.8, 4) is 0 Å². The van der Waals surface area contributed by atoms with Crippen LogP contribution in [0.5, 0.6) is 0 Å². The number of alkyl halides is 3. The molecule has 0 fully saturated rings. The van der Waals surface area contributed by atoms with Crippen molar-refractivity contribution in [1.82, 2.24) is 19.9 Å². The van der Waals surface area contributed by atoms with E-state index in [2.05, 4.69) is 20.1 Å². The van der Waals surface area contributed by atoms with Gasteiger partial charge in [0.1, 0.15) is 22.5 Å². The summed E-state index contributed by atoms with van der Waals surface area (Å²) in [7, 11) is 0. The van der Waals surface area contributed by atoms with Crippen LogP contribution in [0.2, 0.25) is 0 Å². The molecule has 0 aliphatic rings. The summed E-state index contributed by atoms with van der Waals surface area (Å²) in [4.78, 5) is 29.0. The number of furan rings is 1. The SMILES string of the molecule is Cc1cc(C(=O)O[C@@H](C)C(F)(F)F)c2oc(CNC(=O)c3cnn4cccnc34)cc2c1. The van der Waals surface area contributed by atoms with E-state index in [4.69, 9.17) is 4.42 Å². The number of esters is 1. The van der Waals surface area contributed by atoms with Gasteiger partial charge in [-0.3, -0.25) is 4.79 Å². The summed E-state index contributed by atoms with van der Waals surface area (Å²) in [5.74, 6) is -1.28. The summed E-state index contributed by atoms with van der Waals surface area (Å²) < 4.78 is 50.0. The number of ether oxygens (including phenoxy) is 1. The number of aryl methyl sites for hydroxylation is 1. The van der Waals surface area contributed by atoms with Crippen LogP contribution in [0.3, 0.4) is 0 Å². The molecule has 4 rings (SSSR count). The molecule has 1 amide bonds. The second-order valence-electron chi connectivity index (χ2n) is 7.16. The van der Waals surface area contributed by atoms with E-state index in [1.165, 1.54) is 23.0 Å². The van der Waals surface area contributed by atoms with Crippen molar-refractivity contribution in [2.45, 2.75) is 32.7 Å². The van der Waals surface area contributed by atoms with Crippen LogP contribution in [0.4, 0.5) is 13.2 Å². The van der Waals surface area contributed by atoms with Crippen molar-refractivity contribution in [2.24, 2.45) is 0 Å². The van der Waals surface area contributed by atoms with Crippen molar-refractivity contribution in [2.75, 3.05) is 0 Å². The fraction of sp³-hybridized carbons (Fsp3) is 0.238. The molecule has 1 atom stereocenters. The zero-order chi connectivity index (χ0) is 23.0. The van der Waals surface area contributed by atoms with Gasteiger partial charge in [-0.15, -0.1) is 0 Å². The van der Waals surface area contributed by atoms with E-state index in [1.807, 2.05) is 0 Å². The molecule has 1 N–H and O–H groups in total. The molecular weight excluding hydrogens is 429 g/mol. The van der Waals surface area contributed by atoms with Crippen molar-refractivity contribution < 1.29 is 31.9 Å². The van der Waals surface area contributed by atoms with Crippen LogP contribution in [0, 0.1) is 6.92 Å². The second kappa shape index (κ2) is 7.98. The lowest BCUT2D eigenvalue weighted by Crippen LogP contribution is -2.30. The highest BCUT2D eigenvalue weighted by molar-refractivity contribution is 6.03. The van der Waals surface area contributed by atoms with Crippen molar-refractivity contribution >= 4 is 28.5 Å². The predicted octanol–water partition coefficient (Wildman–Crippen LogP) is 3.82. The van der Waals surface area contributed by atoms with Crippen LogP contribution >= 0.6 is 0 Å². The summed E-state index contributed by atoms with van der Waals surface area (Å²) in [6, 6.07) is 6.38. The minimum atomic E-state index is -4.68. The van der Waals surface area contributed by atoms with Crippen molar-refractivity contribution in [3.05, 3.63) is 65.3 Å². The number of halogens is 3. The molecule has 0 aliphatic heterocycles. The average molecular weight is 446 g/mol. The first-order valence-corrected chi connectivity index (χ1v) is 9.51. The maximum absolute atomic E-state index is 12.8. The molecule has 1 aromatic carbocycles. The molecule has 8 nitrogen and oxygen atoms in total. The van der Waals surface area contributed by atoms with Crippen molar-refractivity contribution in [3.63, 3.8) is 0 Å². The van der Waals surface area contributed by atoms with Gasteiger partial charge in [-0.05, 0) is 43.7 Å². The molecule has 3 heterocycles. The van der Waals surface area contributed by atoms with Gasteiger partial charge in [-0.1, -0.05) is 0 Å². The third-order valence-corrected chi connectivity index (χ3v) is 4.72. The molecule has 166 valence electrons. The number of rotatable bonds is 5. The zero-order valence-electron chi connectivity index (χ0n) is 16.9. The summed E-state index contributed by atoms with van der Waals surface area (Å²) in [5.41, 5.74) is 1.24. The first-order valence-electron chi connectivity index (χ1n) is 9.51. The number of carbonyl (C=O) groups is 2. The Bertz CT molecular complexity index is 1330. The van der Waals surface area contributed by atoms with Crippen LogP contribution in [-0.2, 0) is 11.3 Å². The Labute approximate surface area is 179 Å². The molecule has 0 aliphatic carbocycles. The topological polar surface area (TPSA) is 98.7 Å². The lowest BCUT2D eigenvalue weighted by atomic mass is 10.1. The molecule has 0 spiro atoms. The average Bonchev–Trinajstić information content (AvgIpc) is 3.34. The number of hydrogen-bond acceptors (Lipinski definition) is 6. The second-order valence-corrected chi connectivity index (χ2v) is 7.16. The Morgan fingerprint density at radius 3 is 2.78 bits per heavy atom. The summed E-state index contributed by atoms with van der Waals surface area (Å²) in [6.07, 6.45) is -2.37. The monoisotopic (exact) mass is 446 g/mol. The highest BCUT2D eigenvalue weighted by atomic mass is 19.4. The fourth-order valence-electron chi connectivity index (χ4n) is 3.14. The van der Waals surface area contributed by atoms with Gasteiger partial charge < -0.3 is 14.5 Å². The van der Waals surface area contributed by atoms with E-state index in [9.17, 15) is 22.8 Å². The van der Waals surface area contributed by atoms with E-state index in [-0.39, 0.29) is 23.3 Å². The maximum atomic E-state index is 12.8. The highest BCUT2D eigenvalue weighted by Gasteiger charge is 2.39. The smallest absolute Gasteiger partial charge is 0.425 e. The molecule has 3 aromatic heterocycles. The number of hydrogen-bond donors (Lipinski definition) is 1. The van der Waals surface area contributed by atoms with Crippen LogP contribution in [0.1, 0.15) is 39.0 Å². The van der Waals surface area contributed by atoms with E-state index in [0.29, 0.717) is 22.4 Å². The molecule has 32 heavy (non-hydrogen) atoms. The summed E-state index contributed by atoms with van der Waals surface area (Å²) in [6.45, 7) is 2.42. The lowest BCUT2D eigenvalue weighted by molar-refractivity contribution is -0.198. The number of nitrogens with one attached hydrogen (secondary N) is 1. The van der Waals surface area contributed by atoms with E-state index in [1.54, 1.807) is 31.3 Å². The first-order chi connectivity index (χ1) is 15.1. The molecular formula is C21H17F3N4O4. The van der Waals surface area contributed by atoms with Gasteiger partial charge in [-0.2, -0.15) is 18.3 Å². The molecule has 0 saturated carbocycles. The lowest BCUT2D eigenvalue weighted by Gasteiger charge is -2.16. The fourth-order valence-corrected chi connectivity index (χ4v) is 3.14. The van der Waals surface area contributed by atoms with Gasteiger partial charge in [0.05, 0.1) is 12.7 Å². The van der Waals surface area contributed by atoms with Crippen molar-refractivity contribution in [1.29, 1.82) is 0 Å². The number of fused-ring (bicyclic) bond motifs is 2. The Morgan fingerprint density at radius 1 is 1.25 bits per heavy atom. The zero-order valence-corrected chi connectivity index (χ0v) is 16.9. The molecule has 11 heteroatoms. The van der Waals surface area contributed by atoms with Gasteiger partial charge in [0.2, 0.25) is 0 Å². The Balaban J connectivity index is 1.55. The molecule has 0 unspecified atom stereocenters. The van der Waals surface area contributed by atoms with Gasteiger partial charge in [0, 0.05) is 17.8 Å². The minimum Gasteiger partial charge on any atom is -0.458 e. The number of benzene rings is 1. The maximum Gasteiger partial charge on any atom is 0.425 e. The predicted molar refractivity (Wildman–Crippen MR) is 106 cm³/mol. The molecule has 0 bridgehead atoms. The van der Waals surface area contributed by atoms with E-state index < -0.39 is 24.2 Å². The standard InChI is InChI=1S/C21H17F3N4O4/c1-11-6-13-8-14(9-26-19(29)16-10-27-28-5-3-4-25-18(16)28)32-17(13)15(7-11)20(30)31-12(2)21(22,23)24/h3-8,10,12H,9H2,1-2H3,(H,26,29)/t12-/m0/s1. The third kappa shape index (κ3) is 4.13. The number of carbonyl (C=O) groups excluding carboxylic acids is 2. The number of amides is 1. The van der Waals surface area contributed by atoms with Crippen LogP contribution in [0.25, 0.3) is 16.6 Å². The molecule has 0 radical (unpaired) electrons. The van der Waals surface area contributed by atoms with Gasteiger partial charge >= 0.3 is 12.1 Å². The summed E-state index contributed by atoms with van der Waals surface area (Å²) in [5, 5.41) is 7.23. The third-order valence-electron chi connectivity index (χ3n) is 4.72. The Hall–Kier alpha value is -3.89. The Kier molecular flexibility index (Phi) is 5.33. The van der Waals surface area contributed by atoms with E-state index >= 15 is 0 Å². The first kappa shape index (κ1) is 21.3. The molecule has 4 aromatic rings. The summed E-state index contributed by atoms with van der Waals surface area (Å²) >= 11 is 0. The highest BCUT2D eigenvalue weighted by Crippen LogP contribution is 2.28. The van der Waals surface area contributed by atoms with Crippen LogP contribution in [-0.4, -0.2) is 38.8 Å². The van der Waals surface area contributed by atoms with Gasteiger partial charge in [0.25, 0.3) is 5.91 Å². The van der Waals surface area contributed by atoms with Crippen LogP contribution < -0.4 is 5.32 Å².